The van der Waals surface area contributed by atoms with E-state index in [-0.39, 0.29) is 0 Å². The van der Waals surface area contributed by atoms with Gasteiger partial charge in [0.1, 0.15) is 0 Å². The molecule has 2 rings (SSSR count). The predicted octanol–water partition coefficient (Wildman–Crippen LogP) is 2.69. The zero-order chi connectivity index (χ0) is 11.5. The van der Waals surface area contributed by atoms with Gasteiger partial charge in [-0.3, -0.25) is 4.90 Å². The summed E-state index contributed by atoms with van der Waals surface area (Å²) in [6, 6.07) is 9.21. The van der Waals surface area contributed by atoms with Crippen LogP contribution in [0.3, 0.4) is 0 Å². The summed E-state index contributed by atoms with van der Waals surface area (Å²) >= 11 is 6.03. The van der Waals surface area contributed by atoms with Gasteiger partial charge in [0.05, 0.1) is 0 Å². The first kappa shape index (κ1) is 11.9. The second-order valence-electron chi connectivity index (χ2n) is 4.52. The number of benzene rings is 1. The van der Waals surface area contributed by atoms with E-state index in [0.717, 1.165) is 24.7 Å². The van der Waals surface area contributed by atoms with Crippen LogP contribution in [0.2, 0.25) is 5.02 Å². The Morgan fingerprint density at radius 1 is 1.50 bits per heavy atom. The molecule has 2 nitrogen and oxygen atoms in total. The average molecular weight is 239 g/mol. The van der Waals surface area contributed by atoms with Crippen LogP contribution in [0.25, 0.3) is 0 Å². The van der Waals surface area contributed by atoms with Crippen LogP contribution in [-0.2, 0) is 0 Å². The van der Waals surface area contributed by atoms with E-state index in [2.05, 4.69) is 36.2 Å². The number of hydrogen-bond donors (Lipinski definition) is 1. The lowest BCUT2D eigenvalue weighted by Crippen LogP contribution is -2.50. The third-order valence-corrected chi connectivity index (χ3v) is 3.62. The van der Waals surface area contributed by atoms with Crippen LogP contribution in [0.5, 0.6) is 0 Å². The summed E-state index contributed by atoms with van der Waals surface area (Å²) in [6.45, 7) is 7.79. The van der Waals surface area contributed by atoms with Crippen molar-refractivity contribution in [3.05, 3.63) is 34.9 Å². The highest BCUT2D eigenvalue weighted by molar-refractivity contribution is 6.30. The normalized spacial score (nSPS) is 24.3. The minimum absolute atomic E-state index is 0.441. The fraction of sp³-hybridized carbons (Fsp3) is 0.538. The van der Waals surface area contributed by atoms with Crippen LogP contribution >= 0.6 is 11.6 Å². The Hall–Kier alpha value is -0.570. The van der Waals surface area contributed by atoms with Gasteiger partial charge in [0.25, 0.3) is 0 Å². The van der Waals surface area contributed by atoms with Gasteiger partial charge in [0.15, 0.2) is 0 Å². The molecule has 0 radical (unpaired) electrons. The summed E-state index contributed by atoms with van der Waals surface area (Å²) in [5, 5.41) is 4.24. The second-order valence-corrected chi connectivity index (χ2v) is 4.96. The molecule has 3 heteroatoms. The third kappa shape index (κ3) is 2.57. The van der Waals surface area contributed by atoms with E-state index in [9.17, 15) is 0 Å². The molecule has 1 fully saturated rings. The predicted molar refractivity (Wildman–Crippen MR) is 68.9 cm³/mol. The van der Waals surface area contributed by atoms with Crippen LogP contribution in [0.1, 0.15) is 25.5 Å². The molecule has 0 bridgehead atoms. The maximum Gasteiger partial charge on any atom is 0.0409 e. The Labute approximate surface area is 103 Å². The molecule has 1 aromatic rings. The van der Waals surface area contributed by atoms with E-state index in [4.69, 9.17) is 11.6 Å². The molecule has 16 heavy (non-hydrogen) atoms. The monoisotopic (exact) mass is 238 g/mol. The number of rotatable bonds is 2. The quantitative estimate of drug-likeness (QED) is 0.853. The lowest BCUT2D eigenvalue weighted by atomic mass is 10.0. The Balaban J connectivity index is 2.14. The summed E-state index contributed by atoms with van der Waals surface area (Å²) in [7, 11) is 0. The number of halogens is 1. The zero-order valence-electron chi connectivity index (χ0n) is 9.91. The van der Waals surface area contributed by atoms with Crippen LogP contribution in [0, 0.1) is 0 Å². The standard InChI is InChI=1S/C13H19ClN2/c1-10-9-15-6-7-16(10)11(2)12-4-3-5-13(14)8-12/h3-5,8,10-11,15H,6-7,9H2,1-2H3. The van der Waals surface area contributed by atoms with Crippen molar-refractivity contribution in [2.75, 3.05) is 19.6 Å². The molecule has 2 atom stereocenters. The van der Waals surface area contributed by atoms with E-state index >= 15 is 0 Å². The van der Waals surface area contributed by atoms with Gasteiger partial charge in [0.2, 0.25) is 0 Å². The molecule has 0 amide bonds. The molecule has 1 heterocycles. The Morgan fingerprint density at radius 3 is 3.00 bits per heavy atom. The maximum atomic E-state index is 6.03. The Bertz CT molecular complexity index is 354. The van der Waals surface area contributed by atoms with Crippen LogP contribution < -0.4 is 5.32 Å². The summed E-state index contributed by atoms with van der Waals surface area (Å²) < 4.78 is 0. The number of hydrogen-bond acceptors (Lipinski definition) is 2. The molecule has 1 aliphatic heterocycles. The maximum absolute atomic E-state index is 6.03. The smallest absolute Gasteiger partial charge is 0.0409 e. The molecule has 0 aromatic heterocycles. The van der Waals surface area contributed by atoms with E-state index < -0.39 is 0 Å². The molecule has 0 spiro atoms. The first-order valence-corrected chi connectivity index (χ1v) is 6.28. The van der Waals surface area contributed by atoms with Crippen molar-refractivity contribution in [3.8, 4) is 0 Å². The van der Waals surface area contributed by atoms with E-state index in [1.165, 1.54) is 5.56 Å². The molecule has 2 unspecified atom stereocenters. The molecular formula is C13H19ClN2. The van der Waals surface area contributed by atoms with Gasteiger partial charge < -0.3 is 5.32 Å². The summed E-state index contributed by atoms with van der Waals surface area (Å²) in [4.78, 5) is 2.53. The highest BCUT2D eigenvalue weighted by Gasteiger charge is 2.23. The van der Waals surface area contributed by atoms with Gasteiger partial charge in [-0.05, 0) is 31.5 Å². The molecule has 1 saturated heterocycles. The lowest BCUT2D eigenvalue weighted by molar-refractivity contribution is 0.126. The van der Waals surface area contributed by atoms with E-state index in [1.807, 2.05) is 12.1 Å². The van der Waals surface area contributed by atoms with Gasteiger partial charge in [-0.1, -0.05) is 23.7 Å². The van der Waals surface area contributed by atoms with Gasteiger partial charge in [-0.25, -0.2) is 0 Å². The second kappa shape index (κ2) is 5.17. The minimum Gasteiger partial charge on any atom is -0.314 e. The molecule has 1 aliphatic rings. The Morgan fingerprint density at radius 2 is 2.31 bits per heavy atom. The number of piperazine rings is 1. The van der Waals surface area contributed by atoms with Gasteiger partial charge in [-0.15, -0.1) is 0 Å². The molecule has 0 saturated carbocycles. The zero-order valence-corrected chi connectivity index (χ0v) is 10.7. The van der Waals surface area contributed by atoms with Crippen molar-refractivity contribution >= 4 is 11.6 Å². The van der Waals surface area contributed by atoms with Crippen LogP contribution in [-0.4, -0.2) is 30.6 Å². The Kier molecular flexibility index (Phi) is 3.85. The van der Waals surface area contributed by atoms with Gasteiger partial charge >= 0.3 is 0 Å². The number of nitrogens with zero attached hydrogens (tertiary/aromatic N) is 1. The van der Waals surface area contributed by atoms with Crippen molar-refractivity contribution in [3.63, 3.8) is 0 Å². The number of nitrogens with one attached hydrogen (secondary N) is 1. The molecule has 0 aliphatic carbocycles. The van der Waals surface area contributed by atoms with Crippen molar-refractivity contribution < 1.29 is 0 Å². The highest BCUT2D eigenvalue weighted by Crippen LogP contribution is 2.25. The van der Waals surface area contributed by atoms with Gasteiger partial charge in [0, 0.05) is 36.7 Å². The van der Waals surface area contributed by atoms with Gasteiger partial charge in [-0.2, -0.15) is 0 Å². The fourth-order valence-corrected chi connectivity index (χ4v) is 2.59. The fourth-order valence-electron chi connectivity index (χ4n) is 2.39. The first-order valence-electron chi connectivity index (χ1n) is 5.90. The van der Waals surface area contributed by atoms with Crippen molar-refractivity contribution in [2.45, 2.75) is 25.9 Å². The third-order valence-electron chi connectivity index (χ3n) is 3.38. The first-order chi connectivity index (χ1) is 7.68. The topological polar surface area (TPSA) is 15.3 Å². The molecular weight excluding hydrogens is 220 g/mol. The summed E-state index contributed by atoms with van der Waals surface area (Å²) in [5.41, 5.74) is 1.31. The largest absolute Gasteiger partial charge is 0.314 e. The average Bonchev–Trinajstić information content (AvgIpc) is 2.29. The molecule has 1 aromatic carbocycles. The van der Waals surface area contributed by atoms with E-state index in [1.54, 1.807) is 0 Å². The molecule has 88 valence electrons. The van der Waals surface area contributed by atoms with Crippen molar-refractivity contribution in [1.29, 1.82) is 0 Å². The lowest BCUT2D eigenvalue weighted by Gasteiger charge is -2.38. The van der Waals surface area contributed by atoms with Crippen molar-refractivity contribution in [1.82, 2.24) is 10.2 Å². The highest BCUT2D eigenvalue weighted by atomic mass is 35.5. The molecule has 1 N–H and O–H groups in total. The summed E-state index contributed by atoms with van der Waals surface area (Å²) in [5.74, 6) is 0. The van der Waals surface area contributed by atoms with Crippen molar-refractivity contribution in [2.24, 2.45) is 0 Å². The van der Waals surface area contributed by atoms with Crippen LogP contribution in [0.15, 0.2) is 24.3 Å². The SMILES string of the molecule is CC1CNCCN1C(C)c1cccc(Cl)c1. The van der Waals surface area contributed by atoms with Crippen LogP contribution in [0.4, 0.5) is 0 Å². The summed E-state index contributed by atoms with van der Waals surface area (Å²) in [6.07, 6.45) is 0. The minimum atomic E-state index is 0.441. The van der Waals surface area contributed by atoms with E-state index in [0.29, 0.717) is 12.1 Å².